The lowest BCUT2D eigenvalue weighted by Gasteiger charge is -2.36. The van der Waals surface area contributed by atoms with Crippen molar-refractivity contribution in [3.05, 3.63) is 0 Å². The molecular weight excluding hydrogens is 160 g/mol. The summed E-state index contributed by atoms with van der Waals surface area (Å²) >= 11 is 6.05. The lowest BCUT2D eigenvalue weighted by molar-refractivity contribution is -0.0000629. The molecule has 66 valence electrons. The van der Waals surface area contributed by atoms with Gasteiger partial charge < -0.3 is 5.11 Å². The fraction of sp³-hybridized carbons (Fsp3) is 1.00. The summed E-state index contributed by atoms with van der Waals surface area (Å²) in [5.74, 6) is 0. The molecule has 0 amide bonds. The Kier molecular flexibility index (Phi) is 3.20. The lowest BCUT2D eigenvalue weighted by Crippen LogP contribution is -2.41. The molecule has 1 saturated carbocycles. The molecule has 0 spiro atoms. The van der Waals surface area contributed by atoms with Crippen LogP contribution in [0.25, 0.3) is 0 Å². The second kappa shape index (κ2) is 3.77. The Labute approximate surface area is 73.8 Å². The van der Waals surface area contributed by atoms with Crippen LogP contribution in [0.4, 0.5) is 0 Å². The Bertz CT molecular complexity index is 123. The molecule has 0 radical (unpaired) electrons. The number of aliphatic hydroxyl groups is 1. The van der Waals surface area contributed by atoms with E-state index in [1.165, 1.54) is 6.42 Å². The van der Waals surface area contributed by atoms with Crippen molar-refractivity contribution in [2.45, 2.75) is 56.4 Å². The van der Waals surface area contributed by atoms with E-state index in [2.05, 4.69) is 6.92 Å². The van der Waals surface area contributed by atoms with E-state index in [1.54, 1.807) is 0 Å². The minimum Gasteiger partial charge on any atom is -0.388 e. The van der Waals surface area contributed by atoms with Gasteiger partial charge in [0.2, 0.25) is 0 Å². The fourth-order valence-electron chi connectivity index (χ4n) is 1.89. The van der Waals surface area contributed by atoms with Crippen molar-refractivity contribution in [3.63, 3.8) is 0 Å². The number of hydrogen-bond acceptors (Lipinski definition) is 1. The molecule has 0 aromatic carbocycles. The number of rotatable bonds is 2. The number of alkyl halides is 1. The quantitative estimate of drug-likeness (QED) is 0.642. The molecule has 1 nitrogen and oxygen atoms in total. The highest BCUT2D eigenvalue weighted by Crippen LogP contribution is 2.35. The van der Waals surface area contributed by atoms with Gasteiger partial charge in [-0.15, -0.1) is 11.6 Å². The zero-order valence-corrected chi connectivity index (χ0v) is 7.90. The summed E-state index contributed by atoms with van der Waals surface area (Å²) in [6, 6.07) is 0. The highest BCUT2D eigenvalue weighted by atomic mass is 35.5. The average molecular weight is 177 g/mol. The highest BCUT2D eigenvalue weighted by molar-refractivity contribution is 6.21. The van der Waals surface area contributed by atoms with Crippen LogP contribution in [0.3, 0.4) is 0 Å². The van der Waals surface area contributed by atoms with E-state index in [0.717, 1.165) is 32.1 Å². The van der Waals surface area contributed by atoms with E-state index < -0.39 is 5.60 Å². The third-order valence-electron chi connectivity index (χ3n) is 2.58. The first-order valence-corrected chi connectivity index (χ1v) is 4.99. The van der Waals surface area contributed by atoms with Crippen molar-refractivity contribution in [1.82, 2.24) is 0 Å². The SMILES string of the molecule is CCC[C@]1(O)CCCC[C@H]1Cl. The molecule has 0 bridgehead atoms. The van der Waals surface area contributed by atoms with E-state index >= 15 is 0 Å². The van der Waals surface area contributed by atoms with Gasteiger partial charge in [0.1, 0.15) is 0 Å². The van der Waals surface area contributed by atoms with Gasteiger partial charge in [-0.2, -0.15) is 0 Å². The molecule has 0 heterocycles. The zero-order valence-electron chi connectivity index (χ0n) is 7.15. The molecule has 0 aromatic rings. The van der Waals surface area contributed by atoms with Crippen molar-refractivity contribution in [2.24, 2.45) is 0 Å². The molecule has 1 aliphatic rings. The van der Waals surface area contributed by atoms with Gasteiger partial charge in [0.15, 0.2) is 0 Å². The van der Waals surface area contributed by atoms with Gasteiger partial charge in [0.25, 0.3) is 0 Å². The zero-order chi connectivity index (χ0) is 8.32. The number of halogens is 1. The maximum absolute atomic E-state index is 10.0. The Morgan fingerprint density at radius 1 is 1.55 bits per heavy atom. The first kappa shape index (κ1) is 9.34. The van der Waals surface area contributed by atoms with Crippen LogP contribution in [-0.4, -0.2) is 16.1 Å². The smallest absolute Gasteiger partial charge is 0.0810 e. The van der Waals surface area contributed by atoms with E-state index in [1.807, 2.05) is 0 Å². The van der Waals surface area contributed by atoms with Crippen LogP contribution in [0.15, 0.2) is 0 Å². The van der Waals surface area contributed by atoms with Gasteiger partial charge in [-0.25, -0.2) is 0 Å². The van der Waals surface area contributed by atoms with Crippen LogP contribution in [0, 0.1) is 0 Å². The first-order chi connectivity index (χ1) is 5.19. The van der Waals surface area contributed by atoms with Gasteiger partial charge >= 0.3 is 0 Å². The van der Waals surface area contributed by atoms with Crippen LogP contribution in [-0.2, 0) is 0 Å². The minimum atomic E-state index is -0.547. The molecule has 2 atom stereocenters. The van der Waals surface area contributed by atoms with Crippen LogP contribution in [0.1, 0.15) is 45.4 Å². The molecule has 0 saturated heterocycles. The summed E-state index contributed by atoms with van der Waals surface area (Å²) in [4.78, 5) is 0. The Hall–Kier alpha value is 0.250. The average Bonchev–Trinajstić information content (AvgIpc) is 1.96. The van der Waals surface area contributed by atoms with Crippen molar-refractivity contribution in [3.8, 4) is 0 Å². The summed E-state index contributed by atoms with van der Waals surface area (Å²) in [6.45, 7) is 2.09. The maximum Gasteiger partial charge on any atom is 0.0810 e. The second-order valence-corrected chi connectivity index (χ2v) is 4.09. The summed E-state index contributed by atoms with van der Waals surface area (Å²) in [5, 5.41) is 10.0. The molecule has 11 heavy (non-hydrogen) atoms. The summed E-state index contributed by atoms with van der Waals surface area (Å²) in [6.07, 6.45) is 6.09. The molecule has 0 aromatic heterocycles. The van der Waals surface area contributed by atoms with E-state index in [9.17, 15) is 5.11 Å². The molecule has 1 N–H and O–H groups in total. The Morgan fingerprint density at radius 2 is 2.27 bits per heavy atom. The predicted octanol–water partition coefficient (Wildman–Crippen LogP) is 2.70. The maximum atomic E-state index is 10.0. The topological polar surface area (TPSA) is 20.2 Å². The van der Waals surface area contributed by atoms with Crippen LogP contribution in [0.5, 0.6) is 0 Å². The molecule has 0 unspecified atom stereocenters. The van der Waals surface area contributed by atoms with Crippen molar-refractivity contribution in [1.29, 1.82) is 0 Å². The van der Waals surface area contributed by atoms with Gasteiger partial charge in [-0.05, 0) is 19.3 Å². The highest BCUT2D eigenvalue weighted by Gasteiger charge is 2.36. The molecule has 2 heteroatoms. The second-order valence-electron chi connectivity index (χ2n) is 3.57. The van der Waals surface area contributed by atoms with Crippen molar-refractivity contribution in [2.75, 3.05) is 0 Å². The standard InChI is InChI=1S/C9H17ClO/c1-2-6-9(11)7-4-3-5-8(9)10/h8,11H,2-7H2,1H3/t8-,9+/m1/s1. The van der Waals surface area contributed by atoms with Gasteiger partial charge in [0, 0.05) is 0 Å². The molecule has 1 rings (SSSR count). The van der Waals surface area contributed by atoms with Crippen LogP contribution < -0.4 is 0 Å². The van der Waals surface area contributed by atoms with Crippen molar-refractivity contribution >= 4 is 11.6 Å². The van der Waals surface area contributed by atoms with Gasteiger partial charge in [-0.1, -0.05) is 26.2 Å². The monoisotopic (exact) mass is 176 g/mol. The van der Waals surface area contributed by atoms with E-state index in [4.69, 9.17) is 11.6 Å². The minimum absolute atomic E-state index is 0.00352. The number of hydrogen-bond donors (Lipinski definition) is 1. The lowest BCUT2D eigenvalue weighted by atomic mass is 9.81. The van der Waals surface area contributed by atoms with Crippen molar-refractivity contribution < 1.29 is 5.11 Å². The molecule has 1 fully saturated rings. The van der Waals surface area contributed by atoms with Gasteiger partial charge in [0.05, 0.1) is 11.0 Å². The van der Waals surface area contributed by atoms with E-state index in [-0.39, 0.29) is 5.38 Å². The summed E-state index contributed by atoms with van der Waals surface area (Å²) in [5.41, 5.74) is -0.547. The Balaban J connectivity index is 2.49. The van der Waals surface area contributed by atoms with Crippen LogP contribution in [0.2, 0.25) is 0 Å². The molecular formula is C9H17ClO. The Morgan fingerprint density at radius 3 is 2.82 bits per heavy atom. The normalized spacial score (nSPS) is 39.0. The summed E-state index contributed by atoms with van der Waals surface area (Å²) in [7, 11) is 0. The molecule has 0 aliphatic heterocycles. The molecule has 1 aliphatic carbocycles. The third kappa shape index (κ3) is 2.09. The van der Waals surface area contributed by atoms with Gasteiger partial charge in [-0.3, -0.25) is 0 Å². The third-order valence-corrected chi connectivity index (χ3v) is 3.21. The largest absolute Gasteiger partial charge is 0.388 e. The predicted molar refractivity (Wildman–Crippen MR) is 48.0 cm³/mol. The summed E-state index contributed by atoms with van der Waals surface area (Å²) < 4.78 is 0. The van der Waals surface area contributed by atoms with Crippen LogP contribution >= 0.6 is 11.6 Å². The fourth-order valence-corrected chi connectivity index (χ4v) is 2.27. The first-order valence-electron chi connectivity index (χ1n) is 4.55. The van der Waals surface area contributed by atoms with E-state index in [0.29, 0.717) is 0 Å².